The van der Waals surface area contributed by atoms with Gasteiger partial charge in [0.05, 0.1) is 17.1 Å². The molecule has 1 amide bonds. The zero-order valence-corrected chi connectivity index (χ0v) is 15.7. The highest BCUT2D eigenvalue weighted by atomic mass is 19.1. The Morgan fingerprint density at radius 3 is 2.76 bits per heavy atom. The molecule has 1 aromatic heterocycles. The summed E-state index contributed by atoms with van der Waals surface area (Å²) in [7, 11) is 0. The van der Waals surface area contributed by atoms with Gasteiger partial charge in [0.25, 0.3) is 5.91 Å². The Balaban J connectivity index is 1.49. The van der Waals surface area contributed by atoms with Crippen LogP contribution in [-0.4, -0.2) is 22.5 Å². The minimum absolute atomic E-state index is 0.0927. The number of hydrogen-bond acceptors (Lipinski definition) is 5. The van der Waals surface area contributed by atoms with Gasteiger partial charge in [-0.15, -0.1) is 0 Å². The standard InChI is InChI=1S/C20H17F2N3O4/c1-11-19(23-20(26)13-3-5-17-18(7-13)29-10-28-17)12(2)25(24-11)9-27-16-6-4-14(21)8-15(16)22/h3-8H,9-10H2,1-2H3,(H,23,26). The summed E-state index contributed by atoms with van der Waals surface area (Å²) in [5, 5.41) is 7.14. The van der Waals surface area contributed by atoms with Crippen LogP contribution in [0.5, 0.6) is 17.2 Å². The van der Waals surface area contributed by atoms with Crippen LogP contribution in [0.15, 0.2) is 36.4 Å². The summed E-state index contributed by atoms with van der Waals surface area (Å²) in [5.74, 6) is -0.815. The summed E-state index contributed by atoms with van der Waals surface area (Å²) >= 11 is 0. The minimum Gasteiger partial charge on any atom is -0.468 e. The second kappa shape index (κ2) is 7.42. The van der Waals surface area contributed by atoms with E-state index in [2.05, 4.69) is 10.4 Å². The van der Waals surface area contributed by atoms with E-state index in [9.17, 15) is 13.6 Å². The van der Waals surface area contributed by atoms with E-state index in [1.807, 2.05) is 0 Å². The average molecular weight is 401 g/mol. The molecule has 4 rings (SSSR count). The normalized spacial score (nSPS) is 12.1. The molecule has 0 radical (unpaired) electrons. The monoisotopic (exact) mass is 401 g/mol. The fourth-order valence-corrected chi connectivity index (χ4v) is 2.95. The fraction of sp³-hybridized carbons (Fsp3) is 0.200. The second-order valence-electron chi connectivity index (χ2n) is 6.42. The van der Waals surface area contributed by atoms with E-state index in [4.69, 9.17) is 14.2 Å². The molecule has 0 atom stereocenters. The van der Waals surface area contributed by atoms with E-state index >= 15 is 0 Å². The van der Waals surface area contributed by atoms with Crippen molar-refractivity contribution in [2.45, 2.75) is 20.6 Å². The number of rotatable bonds is 5. The SMILES string of the molecule is Cc1nn(COc2ccc(F)cc2F)c(C)c1NC(=O)c1ccc2c(c1)OCO2. The van der Waals surface area contributed by atoms with Crippen molar-refractivity contribution in [1.82, 2.24) is 9.78 Å². The molecule has 1 N–H and O–H groups in total. The number of carbonyl (C=O) groups excluding carboxylic acids is 1. The summed E-state index contributed by atoms with van der Waals surface area (Å²) in [6.07, 6.45) is 0. The van der Waals surface area contributed by atoms with Crippen molar-refractivity contribution >= 4 is 11.6 Å². The highest BCUT2D eigenvalue weighted by Gasteiger charge is 2.19. The number of aromatic nitrogens is 2. The number of anilines is 1. The van der Waals surface area contributed by atoms with Crippen LogP contribution in [0.3, 0.4) is 0 Å². The molecule has 0 aliphatic carbocycles. The van der Waals surface area contributed by atoms with Gasteiger partial charge in [-0.05, 0) is 44.2 Å². The van der Waals surface area contributed by atoms with Gasteiger partial charge in [-0.2, -0.15) is 5.10 Å². The number of benzene rings is 2. The highest BCUT2D eigenvalue weighted by molar-refractivity contribution is 6.05. The molecule has 29 heavy (non-hydrogen) atoms. The molecule has 0 spiro atoms. The third-order valence-corrected chi connectivity index (χ3v) is 4.49. The predicted octanol–water partition coefficient (Wildman–Crippen LogP) is 3.80. The summed E-state index contributed by atoms with van der Waals surface area (Å²) in [6.45, 7) is 3.51. The van der Waals surface area contributed by atoms with Gasteiger partial charge in [-0.3, -0.25) is 4.79 Å². The average Bonchev–Trinajstić information content (AvgIpc) is 3.26. The first-order chi connectivity index (χ1) is 13.9. The molecular weight excluding hydrogens is 384 g/mol. The predicted molar refractivity (Wildman–Crippen MR) is 99.2 cm³/mol. The van der Waals surface area contributed by atoms with Gasteiger partial charge in [0, 0.05) is 11.6 Å². The van der Waals surface area contributed by atoms with E-state index in [0.717, 1.165) is 12.1 Å². The number of fused-ring (bicyclic) bond motifs is 1. The molecule has 0 fully saturated rings. The molecule has 0 unspecified atom stereocenters. The maximum atomic E-state index is 13.7. The lowest BCUT2D eigenvalue weighted by molar-refractivity contribution is 0.102. The van der Waals surface area contributed by atoms with Crippen LogP contribution in [0.25, 0.3) is 0 Å². The third kappa shape index (κ3) is 3.71. The lowest BCUT2D eigenvalue weighted by atomic mass is 10.2. The summed E-state index contributed by atoms with van der Waals surface area (Å²) in [5.41, 5.74) is 2.13. The quantitative estimate of drug-likeness (QED) is 0.704. The van der Waals surface area contributed by atoms with Gasteiger partial charge < -0.3 is 19.5 Å². The van der Waals surface area contributed by atoms with Crippen molar-refractivity contribution in [3.8, 4) is 17.2 Å². The molecule has 1 aliphatic rings. The summed E-state index contributed by atoms with van der Waals surface area (Å²) in [4.78, 5) is 12.6. The Morgan fingerprint density at radius 1 is 1.17 bits per heavy atom. The Morgan fingerprint density at radius 2 is 1.97 bits per heavy atom. The number of carbonyl (C=O) groups is 1. The number of amides is 1. The first-order valence-corrected chi connectivity index (χ1v) is 8.75. The van der Waals surface area contributed by atoms with Crippen molar-refractivity contribution in [2.24, 2.45) is 0 Å². The third-order valence-electron chi connectivity index (χ3n) is 4.49. The van der Waals surface area contributed by atoms with E-state index in [1.54, 1.807) is 32.0 Å². The Labute approximate surface area is 164 Å². The van der Waals surface area contributed by atoms with Gasteiger partial charge in [-0.1, -0.05) is 0 Å². The van der Waals surface area contributed by atoms with Crippen LogP contribution in [0.1, 0.15) is 21.7 Å². The molecule has 2 heterocycles. The smallest absolute Gasteiger partial charge is 0.255 e. The molecule has 9 heteroatoms. The van der Waals surface area contributed by atoms with E-state index < -0.39 is 11.6 Å². The topological polar surface area (TPSA) is 74.6 Å². The summed E-state index contributed by atoms with van der Waals surface area (Å²) < 4.78 is 44.1. The van der Waals surface area contributed by atoms with E-state index in [1.165, 1.54) is 10.7 Å². The zero-order valence-electron chi connectivity index (χ0n) is 15.7. The first-order valence-electron chi connectivity index (χ1n) is 8.75. The maximum Gasteiger partial charge on any atom is 0.255 e. The Hall–Kier alpha value is -3.62. The molecule has 7 nitrogen and oxygen atoms in total. The molecule has 0 bridgehead atoms. The number of aryl methyl sites for hydroxylation is 1. The maximum absolute atomic E-state index is 13.7. The van der Waals surface area contributed by atoms with E-state index in [0.29, 0.717) is 34.1 Å². The van der Waals surface area contributed by atoms with Gasteiger partial charge in [-0.25, -0.2) is 13.5 Å². The van der Waals surface area contributed by atoms with Gasteiger partial charge in [0.1, 0.15) is 5.82 Å². The Bertz CT molecular complexity index is 1100. The van der Waals surface area contributed by atoms with Crippen LogP contribution in [0.4, 0.5) is 14.5 Å². The summed E-state index contributed by atoms with van der Waals surface area (Å²) in [6, 6.07) is 7.97. The largest absolute Gasteiger partial charge is 0.468 e. The van der Waals surface area contributed by atoms with Gasteiger partial charge in [0.2, 0.25) is 6.79 Å². The number of nitrogens with zero attached hydrogens (tertiary/aromatic N) is 2. The molecule has 150 valence electrons. The van der Waals surface area contributed by atoms with Crippen molar-refractivity contribution in [3.63, 3.8) is 0 Å². The second-order valence-corrected chi connectivity index (χ2v) is 6.42. The number of nitrogens with one attached hydrogen (secondary N) is 1. The molecule has 3 aromatic rings. The number of ether oxygens (including phenoxy) is 3. The van der Waals surface area contributed by atoms with Crippen molar-refractivity contribution in [2.75, 3.05) is 12.1 Å². The van der Waals surface area contributed by atoms with Crippen LogP contribution >= 0.6 is 0 Å². The van der Waals surface area contributed by atoms with Crippen LogP contribution in [0.2, 0.25) is 0 Å². The number of halogens is 2. The highest BCUT2D eigenvalue weighted by Crippen LogP contribution is 2.33. The first kappa shape index (κ1) is 18.7. The minimum atomic E-state index is -0.803. The van der Waals surface area contributed by atoms with Crippen molar-refractivity contribution in [3.05, 3.63) is 65.0 Å². The lowest BCUT2D eigenvalue weighted by Gasteiger charge is -2.10. The zero-order chi connectivity index (χ0) is 20.5. The van der Waals surface area contributed by atoms with Crippen LogP contribution in [-0.2, 0) is 6.73 Å². The number of hydrogen-bond donors (Lipinski definition) is 1. The Kier molecular flexibility index (Phi) is 4.79. The fourth-order valence-electron chi connectivity index (χ4n) is 2.95. The van der Waals surface area contributed by atoms with Crippen molar-refractivity contribution in [1.29, 1.82) is 0 Å². The molecule has 0 saturated heterocycles. The van der Waals surface area contributed by atoms with Gasteiger partial charge >= 0.3 is 0 Å². The van der Waals surface area contributed by atoms with Crippen molar-refractivity contribution < 1.29 is 27.8 Å². The van der Waals surface area contributed by atoms with E-state index in [-0.39, 0.29) is 25.2 Å². The molecule has 2 aromatic carbocycles. The molecule has 0 saturated carbocycles. The molecular formula is C20H17F2N3O4. The van der Waals surface area contributed by atoms with Gasteiger partial charge in [0.15, 0.2) is 29.8 Å². The van der Waals surface area contributed by atoms with Crippen LogP contribution < -0.4 is 19.5 Å². The van der Waals surface area contributed by atoms with Crippen LogP contribution in [0, 0.1) is 25.5 Å². The lowest BCUT2D eigenvalue weighted by Crippen LogP contribution is -2.14. The molecule has 1 aliphatic heterocycles.